The lowest BCUT2D eigenvalue weighted by Gasteiger charge is -2.24. The zero-order chi connectivity index (χ0) is 15.1. The van der Waals surface area contributed by atoms with Crippen molar-refractivity contribution in [2.75, 3.05) is 5.32 Å². The van der Waals surface area contributed by atoms with Crippen molar-refractivity contribution in [1.82, 2.24) is 0 Å². The van der Waals surface area contributed by atoms with Crippen molar-refractivity contribution in [2.24, 2.45) is 23.7 Å². The van der Waals surface area contributed by atoms with Crippen LogP contribution in [0.3, 0.4) is 0 Å². The van der Waals surface area contributed by atoms with Crippen molar-refractivity contribution in [3.63, 3.8) is 0 Å². The van der Waals surface area contributed by atoms with Gasteiger partial charge in [0.25, 0.3) is 0 Å². The van der Waals surface area contributed by atoms with Crippen LogP contribution in [-0.2, 0) is 9.59 Å². The summed E-state index contributed by atoms with van der Waals surface area (Å²) in [6.45, 7) is 0. The third-order valence-corrected chi connectivity index (χ3v) is 5.13. The Morgan fingerprint density at radius 1 is 1.24 bits per heavy atom. The number of rotatable bonds is 3. The van der Waals surface area contributed by atoms with Gasteiger partial charge in [-0.2, -0.15) is 0 Å². The lowest BCUT2D eigenvalue weighted by Crippen LogP contribution is -2.36. The predicted molar refractivity (Wildman–Crippen MR) is 83.1 cm³/mol. The quantitative estimate of drug-likeness (QED) is 0.800. The molecule has 0 aromatic heterocycles. The van der Waals surface area contributed by atoms with E-state index in [1.54, 1.807) is 18.2 Å². The summed E-state index contributed by atoms with van der Waals surface area (Å²) in [5.41, 5.74) is 0.597. The second-order valence-electron chi connectivity index (χ2n) is 5.45. The molecule has 4 nitrogen and oxygen atoms in total. The maximum Gasteiger partial charge on any atom is 0.307 e. The minimum Gasteiger partial charge on any atom is -0.481 e. The lowest BCUT2D eigenvalue weighted by atomic mass is 9.82. The van der Waals surface area contributed by atoms with Gasteiger partial charge in [-0.3, -0.25) is 9.59 Å². The molecule has 0 aliphatic heterocycles. The van der Waals surface area contributed by atoms with E-state index in [1.807, 2.05) is 12.2 Å². The molecule has 1 saturated carbocycles. The number of allylic oxidation sites excluding steroid dienone is 2. The summed E-state index contributed by atoms with van der Waals surface area (Å²) in [6.07, 6.45) is 4.63. The largest absolute Gasteiger partial charge is 0.481 e. The van der Waals surface area contributed by atoms with Gasteiger partial charge in [0.1, 0.15) is 0 Å². The molecule has 0 heterocycles. The number of hydrogen-bond acceptors (Lipinski definition) is 2. The van der Waals surface area contributed by atoms with Crippen LogP contribution in [0.1, 0.15) is 6.42 Å². The maximum atomic E-state index is 12.5. The van der Waals surface area contributed by atoms with Crippen LogP contribution in [-0.4, -0.2) is 17.0 Å². The molecule has 0 spiro atoms. The van der Waals surface area contributed by atoms with Crippen LogP contribution in [0.15, 0.2) is 34.8 Å². The SMILES string of the molecule is O=C(O)C1C2C=CC(C2)C1C(=O)Nc1ccc(Cl)cc1Br. The molecule has 2 bridgehead atoms. The van der Waals surface area contributed by atoms with Crippen molar-refractivity contribution >= 4 is 45.1 Å². The van der Waals surface area contributed by atoms with Gasteiger partial charge < -0.3 is 10.4 Å². The molecular formula is C15H13BrClNO3. The van der Waals surface area contributed by atoms with E-state index in [4.69, 9.17) is 11.6 Å². The molecule has 4 atom stereocenters. The van der Waals surface area contributed by atoms with E-state index in [-0.39, 0.29) is 17.7 Å². The number of anilines is 1. The highest BCUT2D eigenvalue weighted by Crippen LogP contribution is 2.48. The Kier molecular flexibility index (Phi) is 3.80. The first-order chi connectivity index (χ1) is 9.97. The summed E-state index contributed by atoms with van der Waals surface area (Å²) < 4.78 is 0.675. The first-order valence-electron chi connectivity index (χ1n) is 6.64. The average molecular weight is 371 g/mol. The van der Waals surface area contributed by atoms with Gasteiger partial charge in [0.05, 0.1) is 17.5 Å². The number of carbonyl (C=O) groups excluding carboxylic acids is 1. The van der Waals surface area contributed by atoms with E-state index in [1.165, 1.54) is 0 Å². The number of carboxylic acids is 1. The van der Waals surface area contributed by atoms with Gasteiger partial charge in [0.2, 0.25) is 5.91 Å². The van der Waals surface area contributed by atoms with Gasteiger partial charge in [0.15, 0.2) is 0 Å². The van der Waals surface area contributed by atoms with Crippen LogP contribution >= 0.6 is 27.5 Å². The van der Waals surface area contributed by atoms with E-state index in [0.717, 1.165) is 6.42 Å². The summed E-state index contributed by atoms with van der Waals surface area (Å²) >= 11 is 9.21. The van der Waals surface area contributed by atoms with E-state index in [0.29, 0.717) is 15.2 Å². The van der Waals surface area contributed by atoms with E-state index in [2.05, 4.69) is 21.2 Å². The molecule has 1 aromatic rings. The maximum absolute atomic E-state index is 12.5. The highest BCUT2D eigenvalue weighted by atomic mass is 79.9. The first kappa shape index (κ1) is 14.6. The van der Waals surface area contributed by atoms with E-state index < -0.39 is 17.8 Å². The minimum atomic E-state index is -0.901. The molecule has 21 heavy (non-hydrogen) atoms. The molecule has 110 valence electrons. The molecule has 6 heteroatoms. The van der Waals surface area contributed by atoms with Crippen LogP contribution in [0, 0.1) is 23.7 Å². The second kappa shape index (κ2) is 5.46. The Bertz CT molecular complexity index is 646. The van der Waals surface area contributed by atoms with E-state index >= 15 is 0 Å². The van der Waals surface area contributed by atoms with Crippen LogP contribution in [0.2, 0.25) is 5.02 Å². The van der Waals surface area contributed by atoms with Gasteiger partial charge in [-0.25, -0.2) is 0 Å². The number of halogens is 2. The Morgan fingerprint density at radius 2 is 1.90 bits per heavy atom. The zero-order valence-corrected chi connectivity index (χ0v) is 13.3. The molecule has 2 aliphatic rings. The summed E-state index contributed by atoms with van der Waals surface area (Å²) in [5.74, 6) is -2.31. The summed E-state index contributed by atoms with van der Waals surface area (Å²) in [5, 5.41) is 12.7. The molecule has 4 unspecified atom stereocenters. The van der Waals surface area contributed by atoms with Crippen LogP contribution in [0.25, 0.3) is 0 Å². The molecule has 3 rings (SSSR count). The molecule has 1 fully saturated rings. The van der Waals surface area contributed by atoms with Crippen LogP contribution in [0.5, 0.6) is 0 Å². The van der Waals surface area contributed by atoms with Crippen molar-refractivity contribution < 1.29 is 14.7 Å². The van der Waals surface area contributed by atoms with Gasteiger partial charge in [-0.05, 0) is 52.4 Å². The Morgan fingerprint density at radius 3 is 2.52 bits per heavy atom. The van der Waals surface area contributed by atoms with Crippen molar-refractivity contribution in [3.05, 3.63) is 39.8 Å². The minimum absolute atomic E-state index is 0.0159. The number of benzene rings is 1. The predicted octanol–water partition coefficient (Wildman–Crippen LogP) is 3.56. The molecule has 1 amide bonds. The van der Waals surface area contributed by atoms with Crippen molar-refractivity contribution in [3.8, 4) is 0 Å². The fourth-order valence-electron chi connectivity index (χ4n) is 3.32. The number of nitrogens with one attached hydrogen (secondary N) is 1. The molecular weight excluding hydrogens is 358 g/mol. The second-order valence-corrected chi connectivity index (χ2v) is 6.74. The molecule has 0 saturated heterocycles. The number of fused-ring (bicyclic) bond motifs is 2. The van der Waals surface area contributed by atoms with Gasteiger partial charge >= 0.3 is 5.97 Å². The number of carboxylic acid groups (broad SMARTS) is 1. The normalized spacial score (nSPS) is 29.6. The Hall–Kier alpha value is -1.33. The van der Waals surface area contributed by atoms with Crippen molar-refractivity contribution in [1.29, 1.82) is 0 Å². The molecule has 2 N–H and O–H groups in total. The topological polar surface area (TPSA) is 66.4 Å². The van der Waals surface area contributed by atoms with E-state index in [9.17, 15) is 14.7 Å². The summed E-state index contributed by atoms with van der Waals surface area (Å²) in [4.78, 5) is 23.9. The highest BCUT2D eigenvalue weighted by Gasteiger charge is 2.51. The number of amides is 1. The molecule has 2 aliphatic carbocycles. The first-order valence-corrected chi connectivity index (χ1v) is 7.81. The smallest absolute Gasteiger partial charge is 0.307 e. The lowest BCUT2D eigenvalue weighted by molar-refractivity contribution is -0.146. The Labute approximate surface area is 135 Å². The third kappa shape index (κ3) is 2.60. The molecule has 1 aromatic carbocycles. The standard InChI is InChI=1S/C15H13BrClNO3/c16-10-6-9(17)3-4-11(10)18-14(19)12-7-1-2-8(5-7)13(12)15(20)21/h1-4,6-8,12-13H,5H2,(H,18,19)(H,20,21). The zero-order valence-electron chi connectivity index (χ0n) is 10.9. The summed E-state index contributed by atoms with van der Waals surface area (Å²) in [7, 11) is 0. The fraction of sp³-hybridized carbons (Fsp3) is 0.333. The summed E-state index contributed by atoms with van der Waals surface area (Å²) in [6, 6.07) is 5.06. The number of aliphatic carboxylic acids is 1. The van der Waals surface area contributed by atoms with Gasteiger partial charge in [-0.1, -0.05) is 23.8 Å². The monoisotopic (exact) mass is 369 g/mol. The van der Waals surface area contributed by atoms with Gasteiger partial charge in [-0.15, -0.1) is 0 Å². The van der Waals surface area contributed by atoms with Crippen LogP contribution in [0.4, 0.5) is 5.69 Å². The molecule has 0 radical (unpaired) electrons. The number of carbonyl (C=O) groups is 2. The fourth-order valence-corrected chi connectivity index (χ4v) is 4.11. The Balaban J connectivity index is 1.82. The third-order valence-electron chi connectivity index (χ3n) is 4.24. The number of hydrogen-bond donors (Lipinski definition) is 2. The van der Waals surface area contributed by atoms with Crippen LogP contribution < -0.4 is 5.32 Å². The van der Waals surface area contributed by atoms with Gasteiger partial charge in [0, 0.05) is 9.50 Å². The highest BCUT2D eigenvalue weighted by molar-refractivity contribution is 9.10. The van der Waals surface area contributed by atoms with Crippen molar-refractivity contribution in [2.45, 2.75) is 6.42 Å². The average Bonchev–Trinajstić information content (AvgIpc) is 3.02.